The second kappa shape index (κ2) is 3.98. The van der Waals surface area contributed by atoms with Crippen molar-refractivity contribution < 1.29 is 9.90 Å². The molecule has 3 nitrogen and oxygen atoms in total. The minimum Gasteiger partial charge on any atom is -0.480 e. The lowest BCUT2D eigenvalue weighted by Crippen LogP contribution is -2.48. The average molecular weight is 229 g/mol. The summed E-state index contributed by atoms with van der Waals surface area (Å²) in [4.78, 5) is 11.0. The fourth-order valence-electron chi connectivity index (χ4n) is 3.08. The van der Waals surface area contributed by atoms with Crippen LogP contribution in [0.2, 0.25) is 0 Å². The van der Waals surface area contributed by atoms with E-state index in [9.17, 15) is 4.79 Å². The minimum atomic E-state index is -0.703. The largest absolute Gasteiger partial charge is 0.480 e. The SMILES string of the molecule is CC1CC(C)CC2(C1)N[C@H](C(=O)O)CS2. The van der Waals surface area contributed by atoms with Gasteiger partial charge in [-0.15, -0.1) is 11.8 Å². The highest BCUT2D eigenvalue weighted by molar-refractivity contribution is 8.00. The van der Waals surface area contributed by atoms with Crippen LogP contribution in [-0.2, 0) is 4.79 Å². The van der Waals surface area contributed by atoms with Gasteiger partial charge in [0.2, 0.25) is 0 Å². The van der Waals surface area contributed by atoms with Crippen LogP contribution in [0.4, 0.5) is 0 Å². The first-order valence-corrected chi connectivity index (χ1v) is 6.64. The fourth-order valence-corrected chi connectivity index (χ4v) is 4.82. The molecule has 86 valence electrons. The number of thioether (sulfide) groups is 1. The third kappa shape index (κ3) is 2.31. The molecule has 1 spiro atoms. The van der Waals surface area contributed by atoms with E-state index >= 15 is 0 Å². The number of nitrogens with one attached hydrogen (secondary N) is 1. The summed E-state index contributed by atoms with van der Waals surface area (Å²) in [6.07, 6.45) is 3.51. The van der Waals surface area contributed by atoms with Gasteiger partial charge in [0.1, 0.15) is 6.04 Å². The molecule has 1 saturated heterocycles. The number of hydrogen-bond acceptors (Lipinski definition) is 3. The Bertz CT molecular complexity index is 259. The summed E-state index contributed by atoms with van der Waals surface area (Å²) in [6, 6.07) is -0.340. The highest BCUT2D eigenvalue weighted by Gasteiger charge is 2.45. The van der Waals surface area contributed by atoms with Gasteiger partial charge in [0.15, 0.2) is 0 Å². The molecular formula is C11H19NO2S. The zero-order valence-corrected chi connectivity index (χ0v) is 10.1. The summed E-state index contributed by atoms with van der Waals surface area (Å²) in [6.45, 7) is 4.54. The molecule has 1 heterocycles. The van der Waals surface area contributed by atoms with E-state index in [0.29, 0.717) is 11.8 Å². The molecule has 1 saturated carbocycles. The highest BCUT2D eigenvalue weighted by Crippen LogP contribution is 2.46. The van der Waals surface area contributed by atoms with Crippen molar-refractivity contribution in [2.45, 2.75) is 44.0 Å². The summed E-state index contributed by atoms with van der Waals surface area (Å²) in [7, 11) is 0. The van der Waals surface area contributed by atoms with Gasteiger partial charge in [-0.2, -0.15) is 0 Å². The lowest BCUT2D eigenvalue weighted by atomic mass is 9.80. The van der Waals surface area contributed by atoms with Crippen LogP contribution in [0.15, 0.2) is 0 Å². The molecular weight excluding hydrogens is 210 g/mol. The molecule has 2 N–H and O–H groups in total. The molecule has 4 heteroatoms. The van der Waals surface area contributed by atoms with Gasteiger partial charge in [-0.25, -0.2) is 0 Å². The Morgan fingerprint density at radius 1 is 1.40 bits per heavy atom. The van der Waals surface area contributed by atoms with E-state index in [2.05, 4.69) is 19.2 Å². The molecule has 0 aromatic carbocycles. The third-order valence-corrected chi connectivity index (χ3v) is 4.93. The summed E-state index contributed by atoms with van der Waals surface area (Å²) >= 11 is 1.82. The number of carboxylic acid groups (broad SMARTS) is 1. The second-order valence-electron chi connectivity index (χ2n) is 5.19. The van der Waals surface area contributed by atoms with E-state index in [1.165, 1.54) is 6.42 Å². The van der Waals surface area contributed by atoms with Crippen molar-refractivity contribution in [3.63, 3.8) is 0 Å². The molecule has 2 rings (SSSR count). The van der Waals surface area contributed by atoms with Crippen LogP contribution in [0.1, 0.15) is 33.1 Å². The predicted octanol–water partition coefficient (Wildman–Crippen LogP) is 1.93. The first-order chi connectivity index (χ1) is 7.01. The molecule has 2 aliphatic rings. The van der Waals surface area contributed by atoms with E-state index in [4.69, 9.17) is 5.11 Å². The van der Waals surface area contributed by atoms with E-state index in [1.807, 2.05) is 11.8 Å². The number of rotatable bonds is 1. The van der Waals surface area contributed by atoms with E-state index in [-0.39, 0.29) is 10.9 Å². The van der Waals surface area contributed by atoms with E-state index < -0.39 is 5.97 Å². The Morgan fingerprint density at radius 2 is 2.00 bits per heavy atom. The van der Waals surface area contributed by atoms with E-state index in [1.54, 1.807) is 0 Å². The quantitative estimate of drug-likeness (QED) is 0.721. The van der Waals surface area contributed by atoms with E-state index in [0.717, 1.165) is 18.6 Å². The smallest absolute Gasteiger partial charge is 0.321 e. The van der Waals surface area contributed by atoms with Crippen molar-refractivity contribution in [3.05, 3.63) is 0 Å². The van der Waals surface area contributed by atoms with Gasteiger partial charge in [-0.3, -0.25) is 10.1 Å². The molecule has 0 bridgehead atoms. The molecule has 1 aliphatic heterocycles. The Labute approximate surface area is 95.0 Å². The van der Waals surface area contributed by atoms with Crippen LogP contribution in [-0.4, -0.2) is 27.7 Å². The zero-order chi connectivity index (χ0) is 11.1. The summed E-state index contributed by atoms with van der Waals surface area (Å²) < 4.78 is 0. The van der Waals surface area contributed by atoms with Crippen molar-refractivity contribution in [1.82, 2.24) is 5.32 Å². The Balaban J connectivity index is 2.05. The average Bonchev–Trinajstić information content (AvgIpc) is 2.46. The predicted molar refractivity (Wildman–Crippen MR) is 61.9 cm³/mol. The lowest BCUT2D eigenvalue weighted by Gasteiger charge is -2.40. The molecule has 1 aliphatic carbocycles. The lowest BCUT2D eigenvalue weighted by molar-refractivity contribution is -0.139. The minimum absolute atomic E-state index is 0.0557. The summed E-state index contributed by atoms with van der Waals surface area (Å²) in [5, 5.41) is 12.3. The molecule has 0 aromatic rings. The van der Waals surface area contributed by atoms with Crippen molar-refractivity contribution in [1.29, 1.82) is 0 Å². The summed E-state index contributed by atoms with van der Waals surface area (Å²) in [5.41, 5.74) is 0. The van der Waals surface area contributed by atoms with Gasteiger partial charge in [0.05, 0.1) is 4.87 Å². The zero-order valence-electron chi connectivity index (χ0n) is 9.32. The van der Waals surface area contributed by atoms with Crippen LogP contribution in [0.5, 0.6) is 0 Å². The maximum absolute atomic E-state index is 10.9. The molecule has 15 heavy (non-hydrogen) atoms. The molecule has 0 radical (unpaired) electrons. The molecule has 3 atom stereocenters. The fraction of sp³-hybridized carbons (Fsp3) is 0.909. The second-order valence-corrected chi connectivity index (χ2v) is 6.60. The van der Waals surface area contributed by atoms with Crippen LogP contribution in [0.3, 0.4) is 0 Å². The molecule has 0 amide bonds. The van der Waals surface area contributed by atoms with Gasteiger partial charge < -0.3 is 5.11 Å². The van der Waals surface area contributed by atoms with Crippen LogP contribution >= 0.6 is 11.8 Å². The molecule has 2 fully saturated rings. The van der Waals surface area contributed by atoms with Gasteiger partial charge in [-0.1, -0.05) is 13.8 Å². The third-order valence-electron chi connectivity index (χ3n) is 3.42. The van der Waals surface area contributed by atoms with Crippen LogP contribution in [0, 0.1) is 11.8 Å². The van der Waals surface area contributed by atoms with Gasteiger partial charge in [0, 0.05) is 5.75 Å². The molecule has 0 aromatic heterocycles. The van der Waals surface area contributed by atoms with Gasteiger partial charge >= 0.3 is 5.97 Å². The standard InChI is InChI=1S/C11H19NO2S/c1-7-3-8(2)5-11(4-7)12-9(6-15-11)10(13)14/h7-9,12H,3-6H2,1-2H3,(H,13,14)/t7?,8?,9-,11?/m0/s1. The first kappa shape index (κ1) is 11.3. The first-order valence-electron chi connectivity index (χ1n) is 5.65. The normalized spacial score (nSPS) is 45.9. The van der Waals surface area contributed by atoms with Crippen molar-refractivity contribution in [2.24, 2.45) is 11.8 Å². The Kier molecular flexibility index (Phi) is 2.99. The number of carboxylic acids is 1. The van der Waals surface area contributed by atoms with Gasteiger partial charge in [0.25, 0.3) is 0 Å². The number of carbonyl (C=O) groups is 1. The Hall–Kier alpha value is -0.220. The monoisotopic (exact) mass is 229 g/mol. The van der Waals surface area contributed by atoms with Crippen molar-refractivity contribution in [3.8, 4) is 0 Å². The van der Waals surface area contributed by atoms with Crippen LogP contribution in [0.25, 0.3) is 0 Å². The number of hydrogen-bond donors (Lipinski definition) is 2. The van der Waals surface area contributed by atoms with Crippen LogP contribution < -0.4 is 5.32 Å². The molecule has 2 unspecified atom stereocenters. The van der Waals surface area contributed by atoms with Crippen molar-refractivity contribution >= 4 is 17.7 Å². The topological polar surface area (TPSA) is 49.3 Å². The number of aliphatic carboxylic acids is 1. The Morgan fingerprint density at radius 3 is 2.47 bits per heavy atom. The maximum Gasteiger partial charge on any atom is 0.321 e. The van der Waals surface area contributed by atoms with Crippen molar-refractivity contribution in [2.75, 3.05) is 5.75 Å². The maximum atomic E-state index is 10.9. The van der Waals surface area contributed by atoms with Gasteiger partial charge in [-0.05, 0) is 31.1 Å². The highest BCUT2D eigenvalue weighted by atomic mass is 32.2. The summed E-state index contributed by atoms with van der Waals surface area (Å²) in [5.74, 6) is 1.43.